The molecule has 9 aromatic carbocycles. The van der Waals surface area contributed by atoms with E-state index in [1.165, 1.54) is 22.3 Å². The van der Waals surface area contributed by atoms with E-state index in [2.05, 4.69) is 195 Å². The summed E-state index contributed by atoms with van der Waals surface area (Å²) < 4.78 is 20.1. The molecule has 0 atom stereocenters. The van der Waals surface area contributed by atoms with Gasteiger partial charge in [0.15, 0.2) is 5.58 Å². The summed E-state index contributed by atoms with van der Waals surface area (Å²) in [5.74, 6) is 0. The lowest BCUT2D eigenvalue weighted by Crippen LogP contribution is -2.16. The number of benzene rings is 9. The van der Waals surface area contributed by atoms with Crippen LogP contribution in [0.1, 0.15) is 25.0 Å². The molecule has 0 aliphatic heterocycles. The molecule has 3 aromatic heterocycles. The second kappa shape index (κ2) is 12.6. The molecule has 0 amide bonds. The van der Waals surface area contributed by atoms with Crippen LogP contribution in [-0.2, 0) is 5.41 Å². The molecule has 0 radical (unpaired) electrons. The number of rotatable bonds is 5. The maximum atomic E-state index is 7.04. The van der Waals surface area contributed by atoms with E-state index < -0.39 is 0 Å². The summed E-state index contributed by atoms with van der Waals surface area (Å²) in [6.07, 6.45) is 0. The highest BCUT2D eigenvalue weighted by Gasteiger charge is 2.36. The quantitative estimate of drug-likeness (QED) is 0.174. The van der Waals surface area contributed by atoms with E-state index >= 15 is 0 Å². The molecule has 0 spiro atoms. The molecule has 3 heterocycles. The standard InChI is InChI=1S/C57H37NO3/c1-57(2)47-21-8-6-15-40(47)41-30-29-37(31-48(41)57)58(36-27-25-35(26-28-36)39-18-10-19-43-42-16-7-9-23-50(42)60-55(39)43)49-22-11-20-44-45-32-53-46(33-52(45)61-56(44)49)54-38(17-12-24-51(54)59-53)34-13-4-3-5-14-34/h3-33H,1-2H3. The number of hydrogen-bond acceptors (Lipinski definition) is 4. The third-order valence-corrected chi connectivity index (χ3v) is 13.1. The van der Waals surface area contributed by atoms with Gasteiger partial charge in [0, 0.05) is 54.7 Å². The Morgan fingerprint density at radius 1 is 0.361 bits per heavy atom. The van der Waals surface area contributed by atoms with Crippen LogP contribution in [0.3, 0.4) is 0 Å². The average Bonchev–Trinajstić information content (AvgIpc) is 4.04. The minimum atomic E-state index is -0.163. The van der Waals surface area contributed by atoms with Crippen molar-refractivity contribution in [3.63, 3.8) is 0 Å². The van der Waals surface area contributed by atoms with Gasteiger partial charge in [-0.2, -0.15) is 0 Å². The van der Waals surface area contributed by atoms with Crippen molar-refractivity contribution < 1.29 is 13.3 Å². The molecule has 288 valence electrons. The number of anilines is 3. The van der Waals surface area contributed by atoms with Crippen molar-refractivity contribution in [1.82, 2.24) is 0 Å². The second-order valence-corrected chi connectivity index (χ2v) is 16.8. The number of hydrogen-bond donors (Lipinski definition) is 0. The zero-order valence-corrected chi connectivity index (χ0v) is 33.6. The highest BCUT2D eigenvalue weighted by atomic mass is 16.3. The van der Waals surface area contributed by atoms with E-state index in [0.717, 1.165) is 105 Å². The highest BCUT2D eigenvalue weighted by Crippen LogP contribution is 2.52. The summed E-state index contributed by atoms with van der Waals surface area (Å²) in [4.78, 5) is 2.35. The van der Waals surface area contributed by atoms with Crippen molar-refractivity contribution in [3.8, 4) is 33.4 Å². The Balaban J connectivity index is 1.01. The van der Waals surface area contributed by atoms with Crippen LogP contribution in [0.4, 0.5) is 17.1 Å². The number of nitrogens with zero attached hydrogens (tertiary/aromatic N) is 1. The van der Waals surface area contributed by atoms with Crippen LogP contribution in [0.25, 0.3) is 99.2 Å². The molecule has 4 nitrogen and oxygen atoms in total. The fraction of sp³-hybridized carbons (Fsp3) is 0.0526. The van der Waals surface area contributed by atoms with E-state index in [4.69, 9.17) is 13.3 Å². The number of furan rings is 3. The maximum Gasteiger partial charge on any atom is 0.159 e. The Labute approximate surface area is 351 Å². The fourth-order valence-electron chi connectivity index (χ4n) is 10.2. The minimum absolute atomic E-state index is 0.163. The Bertz CT molecular complexity index is 3730. The molecule has 0 N–H and O–H groups in total. The van der Waals surface area contributed by atoms with Gasteiger partial charge in [-0.15, -0.1) is 0 Å². The van der Waals surface area contributed by atoms with Crippen LogP contribution in [-0.4, -0.2) is 0 Å². The van der Waals surface area contributed by atoms with Gasteiger partial charge < -0.3 is 18.2 Å². The number of fused-ring (bicyclic) bond motifs is 12. The van der Waals surface area contributed by atoms with Gasteiger partial charge in [-0.05, 0) is 93.5 Å². The fourth-order valence-corrected chi connectivity index (χ4v) is 10.2. The van der Waals surface area contributed by atoms with Crippen LogP contribution in [0.2, 0.25) is 0 Å². The highest BCUT2D eigenvalue weighted by molar-refractivity contribution is 6.19. The second-order valence-electron chi connectivity index (χ2n) is 16.8. The summed E-state index contributed by atoms with van der Waals surface area (Å²) in [5.41, 5.74) is 17.7. The minimum Gasteiger partial charge on any atom is -0.456 e. The molecule has 0 saturated carbocycles. The third kappa shape index (κ3) is 4.93. The lowest BCUT2D eigenvalue weighted by atomic mass is 9.82. The molecule has 0 unspecified atom stereocenters. The average molecular weight is 784 g/mol. The molecule has 0 bridgehead atoms. The zero-order valence-electron chi connectivity index (χ0n) is 33.6. The normalized spacial score (nSPS) is 13.2. The molecule has 0 saturated heterocycles. The van der Waals surface area contributed by atoms with Gasteiger partial charge >= 0.3 is 0 Å². The first-order valence-electron chi connectivity index (χ1n) is 20.9. The van der Waals surface area contributed by atoms with Crippen LogP contribution >= 0.6 is 0 Å². The zero-order chi connectivity index (χ0) is 40.4. The molecular formula is C57H37NO3. The van der Waals surface area contributed by atoms with Crippen molar-refractivity contribution in [2.24, 2.45) is 0 Å². The number of para-hydroxylation sites is 3. The Morgan fingerprint density at radius 3 is 1.85 bits per heavy atom. The molecule has 1 aliphatic rings. The Morgan fingerprint density at radius 2 is 0.967 bits per heavy atom. The monoisotopic (exact) mass is 783 g/mol. The van der Waals surface area contributed by atoms with Crippen molar-refractivity contribution in [1.29, 1.82) is 0 Å². The van der Waals surface area contributed by atoms with Crippen LogP contribution in [0, 0.1) is 0 Å². The van der Waals surface area contributed by atoms with Gasteiger partial charge in [0.25, 0.3) is 0 Å². The summed E-state index contributed by atoms with van der Waals surface area (Å²) in [5, 5.41) is 6.42. The summed E-state index contributed by atoms with van der Waals surface area (Å²) in [6, 6.07) is 66.9. The van der Waals surface area contributed by atoms with Crippen molar-refractivity contribution in [3.05, 3.63) is 199 Å². The lowest BCUT2D eigenvalue weighted by molar-refractivity contribution is 0.660. The molecule has 13 rings (SSSR count). The van der Waals surface area contributed by atoms with Gasteiger partial charge in [0.2, 0.25) is 0 Å². The predicted octanol–water partition coefficient (Wildman–Crippen LogP) is 16.5. The topological polar surface area (TPSA) is 42.7 Å². The summed E-state index contributed by atoms with van der Waals surface area (Å²) in [7, 11) is 0. The van der Waals surface area contributed by atoms with Gasteiger partial charge in [-0.1, -0.05) is 147 Å². The first-order chi connectivity index (χ1) is 30.0. The van der Waals surface area contributed by atoms with Gasteiger partial charge in [0.1, 0.15) is 27.9 Å². The van der Waals surface area contributed by atoms with Gasteiger partial charge in [0.05, 0.1) is 5.69 Å². The first-order valence-corrected chi connectivity index (χ1v) is 20.9. The lowest BCUT2D eigenvalue weighted by Gasteiger charge is -2.28. The van der Waals surface area contributed by atoms with E-state index in [9.17, 15) is 0 Å². The molecule has 61 heavy (non-hydrogen) atoms. The summed E-state index contributed by atoms with van der Waals surface area (Å²) >= 11 is 0. The van der Waals surface area contributed by atoms with Crippen LogP contribution in [0.5, 0.6) is 0 Å². The molecule has 0 fully saturated rings. The molecule has 12 aromatic rings. The molecule has 4 heteroatoms. The van der Waals surface area contributed by atoms with Crippen LogP contribution < -0.4 is 4.90 Å². The van der Waals surface area contributed by atoms with Crippen molar-refractivity contribution in [2.75, 3.05) is 4.90 Å². The smallest absolute Gasteiger partial charge is 0.159 e. The SMILES string of the molecule is CC1(C)c2ccccc2-c2ccc(N(c3ccc(-c4cccc5c4oc4ccccc45)cc3)c3cccc4c3oc3cc5c(cc34)oc3cccc(-c4ccccc4)c35)cc21. The molecule has 1 aliphatic carbocycles. The van der Waals surface area contributed by atoms with Crippen molar-refractivity contribution >= 4 is 82.9 Å². The Kier molecular flexibility index (Phi) is 7.04. The largest absolute Gasteiger partial charge is 0.456 e. The Hall–Kier alpha value is -7.82. The van der Waals surface area contributed by atoms with Gasteiger partial charge in [-0.3, -0.25) is 0 Å². The molecular weight excluding hydrogens is 747 g/mol. The van der Waals surface area contributed by atoms with E-state index in [-0.39, 0.29) is 5.41 Å². The predicted molar refractivity (Wildman–Crippen MR) is 251 cm³/mol. The first kappa shape index (κ1) is 34.1. The van der Waals surface area contributed by atoms with Gasteiger partial charge in [-0.25, -0.2) is 0 Å². The van der Waals surface area contributed by atoms with E-state index in [0.29, 0.717) is 0 Å². The van der Waals surface area contributed by atoms with E-state index in [1.54, 1.807) is 0 Å². The van der Waals surface area contributed by atoms with Crippen molar-refractivity contribution in [2.45, 2.75) is 19.3 Å². The third-order valence-electron chi connectivity index (χ3n) is 13.1. The summed E-state index contributed by atoms with van der Waals surface area (Å²) in [6.45, 7) is 4.67. The van der Waals surface area contributed by atoms with E-state index in [1.807, 2.05) is 12.1 Å². The van der Waals surface area contributed by atoms with Crippen LogP contribution in [0.15, 0.2) is 201 Å². The maximum absolute atomic E-state index is 7.04.